The van der Waals surface area contributed by atoms with E-state index in [1.54, 1.807) is 18.2 Å². The summed E-state index contributed by atoms with van der Waals surface area (Å²) in [6.45, 7) is 0.339. The van der Waals surface area contributed by atoms with Crippen LogP contribution in [0, 0.1) is 0 Å². The average molecular weight is 500 g/mol. The van der Waals surface area contributed by atoms with Crippen LogP contribution in [0.25, 0.3) is 0 Å². The van der Waals surface area contributed by atoms with Crippen molar-refractivity contribution >= 4 is 41.6 Å². The lowest BCUT2D eigenvalue weighted by Gasteiger charge is -2.13. The van der Waals surface area contributed by atoms with E-state index in [0.29, 0.717) is 18.2 Å². The molecule has 2 amide bonds. The number of ether oxygens (including phenoxy) is 2. The van der Waals surface area contributed by atoms with Gasteiger partial charge in [0.25, 0.3) is 0 Å². The molecule has 0 bridgehead atoms. The lowest BCUT2D eigenvalue weighted by molar-refractivity contribution is -0.109. The summed E-state index contributed by atoms with van der Waals surface area (Å²) in [6.07, 6.45) is 1.19. The lowest BCUT2D eigenvalue weighted by Crippen LogP contribution is -2.41. The number of hydrogen-bond donors (Lipinski definition) is 2. The fourth-order valence-electron chi connectivity index (χ4n) is 3.00. The minimum absolute atomic E-state index is 0.339. The first-order valence-electron chi connectivity index (χ1n) is 10.5. The number of urea groups is 1. The van der Waals surface area contributed by atoms with Crippen LogP contribution >= 0.6 is 23.5 Å². The zero-order valence-corrected chi connectivity index (χ0v) is 20.4. The molecular formula is C25H26ClN3O4S. The molecule has 0 saturated heterocycles. The van der Waals surface area contributed by atoms with Crippen LogP contribution in [0.4, 0.5) is 10.5 Å². The molecule has 178 valence electrons. The van der Waals surface area contributed by atoms with E-state index in [9.17, 15) is 9.59 Å². The molecule has 1 aliphatic rings. The number of hydrogen-bond acceptors (Lipinski definition) is 6. The highest BCUT2D eigenvalue weighted by Crippen LogP contribution is 2.34. The number of carbonyl (C=O) groups excluding carboxylic acids is 2. The third kappa shape index (κ3) is 7.90. The number of nitrogens with one attached hydrogen (secondary N) is 2. The number of rotatable bonds is 7. The van der Waals surface area contributed by atoms with Gasteiger partial charge in [0.1, 0.15) is 6.29 Å². The Hall–Kier alpha value is -3.36. The van der Waals surface area contributed by atoms with Gasteiger partial charge in [0.2, 0.25) is 6.79 Å². The van der Waals surface area contributed by atoms with E-state index < -0.39 is 12.1 Å². The van der Waals surface area contributed by atoms with Gasteiger partial charge in [-0.05, 0) is 54.3 Å². The van der Waals surface area contributed by atoms with E-state index in [0.717, 1.165) is 45.9 Å². The summed E-state index contributed by atoms with van der Waals surface area (Å²) in [6, 6.07) is 21.6. The van der Waals surface area contributed by atoms with Crippen LogP contribution in [0.15, 0.2) is 77.7 Å². The Kier molecular flexibility index (Phi) is 9.49. The zero-order chi connectivity index (χ0) is 24.3. The molecule has 0 aromatic heterocycles. The third-order valence-electron chi connectivity index (χ3n) is 4.71. The van der Waals surface area contributed by atoms with Crippen molar-refractivity contribution in [2.24, 2.45) is 0 Å². The lowest BCUT2D eigenvalue weighted by atomic mass is 10.1. The summed E-state index contributed by atoms with van der Waals surface area (Å²) >= 11 is 7.01. The Morgan fingerprint density at radius 3 is 2.53 bits per heavy atom. The third-order valence-corrected chi connectivity index (χ3v) is 5.72. The highest BCUT2D eigenvalue weighted by molar-refractivity contribution is 7.98. The number of aldehydes is 1. The van der Waals surface area contributed by atoms with Gasteiger partial charge in [0.05, 0.1) is 6.04 Å². The Bertz CT molecular complexity index is 1100. The molecule has 1 unspecified atom stereocenters. The Morgan fingerprint density at radius 1 is 1.06 bits per heavy atom. The molecule has 4 rings (SSSR count). The normalized spacial score (nSPS) is 12.1. The Morgan fingerprint density at radius 2 is 1.82 bits per heavy atom. The van der Waals surface area contributed by atoms with Gasteiger partial charge in [-0.25, -0.2) is 4.79 Å². The molecule has 3 aromatic carbocycles. The summed E-state index contributed by atoms with van der Waals surface area (Å²) in [4.78, 5) is 25.8. The quantitative estimate of drug-likeness (QED) is 0.354. The van der Waals surface area contributed by atoms with Gasteiger partial charge < -0.3 is 24.5 Å². The summed E-state index contributed by atoms with van der Waals surface area (Å²) < 4.78 is 13.1. The van der Waals surface area contributed by atoms with Crippen LogP contribution in [0.2, 0.25) is 5.02 Å². The number of anilines is 1. The van der Waals surface area contributed by atoms with Crippen LogP contribution in [0.5, 0.6) is 11.5 Å². The molecule has 0 spiro atoms. The van der Waals surface area contributed by atoms with Crippen LogP contribution in [0.3, 0.4) is 0 Å². The molecule has 34 heavy (non-hydrogen) atoms. The molecule has 1 atom stereocenters. The summed E-state index contributed by atoms with van der Waals surface area (Å²) in [5.74, 6) is 1.67. The summed E-state index contributed by atoms with van der Waals surface area (Å²) in [5, 5.41) is 3.23. The number of nitrogens with zero attached hydrogens (tertiary/aromatic N) is 1. The maximum atomic E-state index is 11.8. The topological polar surface area (TPSA) is 79.9 Å². The molecule has 1 heterocycles. The second kappa shape index (κ2) is 12.8. The highest BCUT2D eigenvalue weighted by atomic mass is 35.5. The first-order valence-corrected chi connectivity index (χ1v) is 11.7. The molecule has 0 aliphatic carbocycles. The molecule has 3 aromatic rings. The van der Waals surface area contributed by atoms with Gasteiger partial charge in [-0.2, -0.15) is 0 Å². The number of benzene rings is 3. The highest BCUT2D eigenvalue weighted by Gasteiger charge is 2.13. The van der Waals surface area contributed by atoms with E-state index in [1.165, 1.54) is 0 Å². The van der Waals surface area contributed by atoms with Crippen molar-refractivity contribution in [2.75, 3.05) is 25.8 Å². The van der Waals surface area contributed by atoms with Gasteiger partial charge in [0.15, 0.2) is 11.5 Å². The molecule has 7 nitrogen and oxygen atoms in total. The number of fused-ring (bicyclic) bond motifs is 1. The first-order chi connectivity index (χ1) is 16.4. The van der Waals surface area contributed by atoms with E-state index in [4.69, 9.17) is 21.1 Å². The SMILES string of the molecule is CN(C)c1ccc2c(c1)OCO2.O=CC(Cc1ccccc1)NC(=O)NSc1cccc(Cl)c1. The summed E-state index contributed by atoms with van der Waals surface area (Å²) in [7, 11) is 4.00. The Balaban J connectivity index is 0.000000226. The van der Waals surface area contributed by atoms with Crippen molar-refractivity contribution < 1.29 is 19.1 Å². The summed E-state index contributed by atoms with van der Waals surface area (Å²) in [5.41, 5.74) is 2.11. The molecule has 1 aliphatic heterocycles. The van der Waals surface area contributed by atoms with Gasteiger partial charge in [-0.1, -0.05) is 48.0 Å². The van der Waals surface area contributed by atoms with Crippen molar-refractivity contribution in [3.05, 3.63) is 83.4 Å². The van der Waals surface area contributed by atoms with E-state index in [2.05, 4.69) is 10.0 Å². The second-order valence-corrected chi connectivity index (χ2v) is 8.82. The monoisotopic (exact) mass is 499 g/mol. The largest absolute Gasteiger partial charge is 0.454 e. The molecule has 2 N–H and O–H groups in total. The molecule has 0 radical (unpaired) electrons. The second-order valence-electron chi connectivity index (χ2n) is 7.50. The van der Waals surface area contributed by atoms with Crippen molar-refractivity contribution in [1.29, 1.82) is 0 Å². The smallest absolute Gasteiger partial charge is 0.325 e. The molecule has 0 fully saturated rings. The zero-order valence-electron chi connectivity index (χ0n) is 18.9. The average Bonchev–Trinajstić information content (AvgIpc) is 3.31. The Labute approximate surface area is 208 Å². The standard InChI is InChI=1S/C16H15ClN2O2S.C9H11NO2/c17-13-7-4-8-15(10-13)22-19-16(21)18-14(11-20)9-12-5-2-1-3-6-12;1-10(2)7-3-4-8-9(5-7)12-6-11-8/h1-8,10-11,14H,9H2,(H2,18,19,21);3-5H,6H2,1-2H3. The minimum atomic E-state index is -0.567. The van der Waals surface area contributed by atoms with E-state index in [1.807, 2.05) is 73.6 Å². The van der Waals surface area contributed by atoms with E-state index >= 15 is 0 Å². The fourth-order valence-corrected chi connectivity index (χ4v) is 3.86. The van der Waals surface area contributed by atoms with Gasteiger partial charge in [-0.3, -0.25) is 4.72 Å². The van der Waals surface area contributed by atoms with Crippen LogP contribution in [-0.2, 0) is 11.2 Å². The predicted molar refractivity (Wildman–Crippen MR) is 136 cm³/mol. The number of halogens is 1. The maximum absolute atomic E-state index is 11.8. The van der Waals surface area contributed by atoms with Gasteiger partial charge in [0, 0.05) is 35.8 Å². The molecular weight excluding hydrogens is 474 g/mol. The van der Waals surface area contributed by atoms with Crippen molar-refractivity contribution in [2.45, 2.75) is 17.4 Å². The van der Waals surface area contributed by atoms with Crippen LogP contribution in [-0.4, -0.2) is 39.2 Å². The molecule has 9 heteroatoms. The molecule has 0 saturated carbocycles. The first kappa shape index (κ1) is 25.3. The maximum Gasteiger partial charge on any atom is 0.325 e. The van der Waals surface area contributed by atoms with Gasteiger partial charge in [-0.15, -0.1) is 0 Å². The number of amides is 2. The van der Waals surface area contributed by atoms with E-state index in [-0.39, 0.29) is 0 Å². The predicted octanol–water partition coefficient (Wildman–Crippen LogP) is 4.94. The van der Waals surface area contributed by atoms with Crippen LogP contribution in [0.1, 0.15) is 5.56 Å². The van der Waals surface area contributed by atoms with Crippen molar-refractivity contribution in [3.8, 4) is 11.5 Å². The van der Waals surface area contributed by atoms with Crippen LogP contribution < -0.4 is 24.4 Å². The number of carbonyl (C=O) groups is 2. The fraction of sp³-hybridized carbons (Fsp3) is 0.200. The van der Waals surface area contributed by atoms with Gasteiger partial charge >= 0.3 is 6.03 Å². The van der Waals surface area contributed by atoms with Crippen molar-refractivity contribution in [1.82, 2.24) is 10.0 Å². The minimum Gasteiger partial charge on any atom is -0.454 e. The van der Waals surface area contributed by atoms with Crippen molar-refractivity contribution in [3.63, 3.8) is 0 Å².